The third-order valence-electron chi connectivity index (χ3n) is 4.57. The number of hydrogen-bond donors (Lipinski definition) is 3. The number of nitro groups is 1. The Labute approximate surface area is 178 Å². The normalized spacial score (nSPS) is 11.4. The number of anilines is 3. The van der Waals surface area contributed by atoms with Gasteiger partial charge in [0.25, 0.3) is 0 Å². The van der Waals surface area contributed by atoms with Gasteiger partial charge in [-0.15, -0.1) is 0 Å². The highest BCUT2D eigenvalue weighted by atomic mass is 16.6. The summed E-state index contributed by atoms with van der Waals surface area (Å²) in [5, 5.41) is 32.7. The van der Waals surface area contributed by atoms with E-state index < -0.39 is 17.6 Å². The van der Waals surface area contributed by atoms with Crippen LogP contribution in [0.1, 0.15) is 28.4 Å². The Kier molecular flexibility index (Phi) is 6.33. The van der Waals surface area contributed by atoms with E-state index >= 15 is 0 Å². The number of aryl methyl sites for hydroxylation is 2. The first-order chi connectivity index (χ1) is 14.8. The summed E-state index contributed by atoms with van der Waals surface area (Å²) in [6.45, 7) is 3.01. The largest absolute Gasteiger partial charge is 0.438 e. The van der Waals surface area contributed by atoms with Gasteiger partial charge in [0.15, 0.2) is 5.82 Å². The molecular formula is C22H21N5O4. The van der Waals surface area contributed by atoms with Crippen LogP contribution in [0.25, 0.3) is 0 Å². The second-order valence-electron chi connectivity index (χ2n) is 7.02. The second kappa shape index (κ2) is 9.11. The van der Waals surface area contributed by atoms with Gasteiger partial charge in [0.05, 0.1) is 17.3 Å². The van der Waals surface area contributed by atoms with Gasteiger partial charge >= 0.3 is 0 Å². The van der Waals surface area contributed by atoms with Crippen LogP contribution in [0.2, 0.25) is 0 Å². The van der Waals surface area contributed by atoms with Crippen molar-refractivity contribution in [2.45, 2.75) is 20.0 Å². The van der Waals surface area contributed by atoms with E-state index in [4.69, 9.17) is 15.7 Å². The number of benzene rings is 2. The van der Waals surface area contributed by atoms with Gasteiger partial charge in [-0.2, -0.15) is 10.2 Å². The number of nitrogen functional groups attached to an aromatic ring is 1. The monoisotopic (exact) mass is 419 g/mol. The molecule has 1 aromatic heterocycles. The SMILES string of the molecule is Cc1cc(C(O)C[N+](=O)[O-])cc(C)c1Oc1ccc(N)c(Nc2ccc(C#N)cc2)n1. The van der Waals surface area contributed by atoms with Gasteiger partial charge in [0.1, 0.15) is 11.9 Å². The fourth-order valence-corrected chi connectivity index (χ4v) is 3.06. The van der Waals surface area contributed by atoms with E-state index in [9.17, 15) is 15.2 Å². The number of nitrogens with two attached hydrogens (primary N) is 1. The van der Waals surface area contributed by atoms with Crippen LogP contribution in [-0.2, 0) is 0 Å². The summed E-state index contributed by atoms with van der Waals surface area (Å²) in [6.07, 6.45) is -1.20. The molecule has 9 heteroatoms. The molecule has 0 saturated carbocycles. The Balaban J connectivity index is 1.83. The van der Waals surface area contributed by atoms with Gasteiger partial charge in [-0.05, 0) is 73.0 Å². The number of aromatic nitrogens is 1. The molecule has 2 aromatic carbocycles. The minimum absolute atomic E-state index is 0.301. The summed E-state index contributed by atoms with van der Waals surface area (Å²) in [7, 11) is 0. The van der Waals surface area contributed by atoms with Crippen molar-refractivity contribution in [2.24, 2.45) is 0 Å². The topological polar surface area (TPSA) is 147 Å². The Hall–Kier alpha value is -4.16. The van der Waals surface area contributed by atoms with Gasteiger partial charge in [-0.1, -0.05) is 0 Å². The lowest BCUT2D eigenvalue weighted by atomic mass is 10.0. The molecule has 0 aliphatic rings. The molecule has 0 radical (unpaired) electrons. The summed E-state index contributed by atoms with van der Waals surface area (Å²) < 4.78 is 5.96. The van der Waals surface area contributed by atoms with Crippen LogP contribution in [-0.4, -0.2) is 21.6 Å². The molecular weight excluding hydrogens is 398 g/mol. The van der Waals surface area contributed by atoms with Crippen LogP contribution >= 0.6 is 0 Å². The molecule has 0 spiro atoms. The number of nitrogens with zero attached hydrogens (tertiary/aromatic N) is 3. The molecule has 0 aliphatic carbocycles. The van der Waals surface area contributed by atoms with Crippen LogP contribution in [0.4, 0.5) is 17.2 Å². The Morgan fingerprint density at radius 3 is 2.45 bits per heavy atom. The van der Waals surface area contributed by atoms with Crippen molar-refractivity contribution in [1.82, 2.24) is 4.98 Å². The van der Waals surface area contributed by atoms with Gasteiger partial charge in [0.2, 0.25) is 12.4 Å². The minimum atomic E-state index is -1.20. The van der Waals surface area contributed by atoms with Crippen LogP contribution in [0.5, 0.6) is 11.6 Å². The average Bonchev–Trinajstić information content (AvgIpc) is 2.72. The molecule has 0 fully saturated rings. The molecule has 0 aliphatic heterocycles. The van der Waals surface area contributed by atoms with Gasteiger partial charge in [-0.25, -0.2) is 0 Å². The average molecular weight is 419 g/mol. The van der Waals surface area contributed by atoms with Crippen LogP contribution in [0.15, 0.2) is 48.5 Å². The zero-order chi connectivity index (χ0) is 22.5. The fourth-order valence-electron chi connectivity index (χ4n) is 3.06. The smallest absolute Gasteiger partial charge is 0.233 e. The third-order valence-corrected chi connectivity index (χ3v) is 4.57. The van der Waals surface area contributed by atoms with E-state index in [1.165, 1.54) is 0 Å². The lowest BCUT2D eigenvalue weighted by Crippen LogP contribution is -2.12. The van der Waals surface area contributed by atoms with E-state index in [0.29, 0.717) is 51.1 Å². The standard InChI is InChI=1S/C22H21N5O4/c1-13-9-16(19(28)12-27(29)30)10-14(2)21(13)31-20-8-7-18(24)22(26-20)25-17-5-3-15(11-23)4-6-17/h3-10,19,28H,12,24H2,1-2H3,(H,25,26). The maximum atomic E-state index is 10.7. The number of nitrogens with one attached hydrogen (secondary N) is 1. The minimum Gasteiger partial charge on any atom is -0.438 e. The van der Waals surface area contributed by atoms with Gasteiger partial charge in [0, 0.05) is 16.7 Å². The van der Waals surface area contributed by atoms with Crippen LogP contribution < -0.4 is 15.8 Å². The summed E-state index contributed by atoms with van der Waals surface area (Å²) in [4.78, 5) is 14.5. The molecule has 0 amide bonds. The first kappa shape index (κ1) is 21.5. The maximum absolute atomic E-state index is 10.7. The van der Waals surface area contributed by atoms with Gasteiger partial charge in [-0.3, -0.25) is 10.1 Å². The van der Waals surface area contributed by atoms with Crippen molar-refractivity contribution in [1.29, 1.82) is 5.26 Å². The third kappa shape index (κ3) is 5.26. The van der Waals surface area contributed by atoms with Crippen molar-refractivity contribution < 1.29 is 14.8 Å². The highest BCUT2D eigenvalue weighted by Crippen LogP contribution is 2.33. The summed E-state index contributed by atoms with van der Waals surface area (Å²) in [6, 6.07) is 15.5. The van der Waals surface area contributed by atoms with Crippen LogP contribution in [0.3, 0.4) is 0 Å². The summed E-state index contributed by atoms with van der Waals surface area (Å²) in [5.74, 6) is 1.24. The van der Waals surface area contributed by atoms with Crippen molar-refractivity contribution in [3.05, 3.63) is 80.9 Å². The molecule has 9 nitrogen and oxygen atoms in total. The Morgan fingerprint density at radius 2 is 1.87 bits per heavy atom. The number of nitriles is 1. The molecule has 0 bridgehead atoms. The highest BCUT2D eigenvalue weighted by Gasteiger charge is 2.18. The first-order valence-electron chi connectivity index (χ1n) is 9.39. The lowest BCUT2D eigenvalue weighted by molar-refractivity contribution is -0.491. The second-order valence-corrected chi connectivity index (χ2v) is 7.02. The number of aliphatic hydroxyl groups excluding tert-OH is 1. The van der Waals surface area contributed by atoms with E-state index in [0.717, 1.165) is 0 Å². The molecule has 31 heavy (non-hydrogen) atoms. The predicted octanol–water partition coefficient (Wildman–Crippen LogP) is 4.00. The van der Waals surface area contributed by atoms with Crippen molar-refractivity contribution in [3.8, 4) is 17.7 Å². The molecule has 1 atom stereocenters. The van der Waals surface area contributed by atoms with E-state index in [-0.39, 0.29) is 0 Å². The number of aliphatic hydroxyl groups is 1. The van der Waals surface area contributed by atoms with Crippen molar-refractivity contribution in [3.63, 3.8) is 0 Å². The molecule has 3 rings (SSSR count). The zero-order valence-electron chi connectivity index (χ0n) is 17.0. The molecule has 3 aromatic rings. The quantitative estimate of drug-likeness (QED) is 0.384. The van der Waals surface area contributed by atoms with Crippen LogP contribution in [0, 0.1) is 35.3 Å². The van der Waals surface area contributed by atoms with Crippen molar-refractivity contribution in [2.75, 3.05) is 17.6 Å². The lowest BCUT2D eigenvalue weighted by Gasteiger charge is -2.16. The van der Waals surface area contributed by atoms with E-state index in [1.54, 1.807) is 62.4 Å². The summed E-state index contributed by atoms with van der Waals surface area (Å²) >= 11 is 0. The summed E-state index contributed by atoms with van der Waals surface area (Å²) in [5.41, 5.74) is 9.56. The first-order valence-corrected chi connectivity index (χ1v) is 9.39. The number of pyridine rings is 1. The molecule has 0 saturated heterocycles. The fraction of sp³-hybridized carbons (Fsp3) is 0.182. The number of rotatable bonds is 7. The molecule has 158 valence electrons. The van der Waals surface area contributed by atoms with E-state index in [1.807, 2.05) is 0 Å². The predicted molar refractivity (Wildman–Crippen MR) is 116 cm³/mol. The maximum Gasteiger partial charge on any atom is 0.233 e. The van der Waals surface area contributed by atoms with Crippen molar-refractivity contribution >= 4 is 17.2 Å². The van der Waals surface area contributed by atoms with Gasteiger partial charge < -0.3 is 20.9 Å². The Bertz CT molecular complexity index is 1130. The Morgan fingerprint density at radius 1 is 1.23 bits per heavy atom. The number of ether oxygens (including phenoxy) is 1. The molecule has 1 heterocycles. The number of hydrogen-bond acceptors (Lipinski definition) is 8. The zero-order valence-corrected chi connectivity index (χ0v) is 17.0. The molecule has 1 unspecified atom stereocenters. The van der Waals surface area contributed by atoms with E-state index in [2.05, 4.69) is 16.4 Å². The molecule has 4 N–H and O–H groups in total. The highest BCUT2D eigenvalue weighted by molar-refractivity contribution is 5.69.